The molecule has 1 saturated heterocycles. The Morgan fingerprint density at radius 1 is 1.21 bits per heavy atom. The van der Waals surface area contributed by atoms with E-state index in [1.54, 1.807) is 0 Å². The summed E-state index contributed by atoms with van der Waals surface area (Å²) in [6, 6.07) is 0. The minimum atomic E-state index is -4.91. The van der Waals surface area contributed by atoms with Gasteiger partial charge in [0.05, 0.1) is 7.11 Å². The summed E-state index contributed by atoms with van der Waals surface area (Å²) >= 11 is 0. The Kier molecular flexibility index (Phi) is 5.20. The molecule has 10 nitrogen and oxygen atoms in total. The number of aliphatic hydroxyl groups is 2. The summed E-state index contributed by atoms with van der Waals surface area (Å²) in [5, 5.41) is 19.3. The fraction of sp³-hybridized carbons (Fsp3) is 0.875. The van der Waals surface area contributed by atoms with Crippen LogP contribution in [0.15, 0.2) is 0 Å². The zero-order chi connectivity index (χ0) is 14.8. The molecule has 0 bridgehead atoms. The molecular weight excluding hydrogens is 288 g/mol. The van der Waals surface area contributed by atoms with Crippen LogP contribution in [0.2, 0.25) is 0 Å². The van der Waals surface area contributed by atoms with Gasteiger partial charge >= 0.3 is 16.4 Å². The standard InChI is InChI=1S/C8H14O10S/c1-15-7(11)5-3(9)4(10)6(8(16-2)17-5)18-19(12,13)14/h3-6,8-10H,1-2H3,(H,12,13,14). The Bertz CT molecular complexity index is 417. The Morgan fingerprint density at radius 3 is 2.21 bits per heavy atom. The van der Waals surface area contributed by atoms with Crippen molar-refractivity contribution < 1.29 is 46.4 Å². The maximum absolute atomic E-state index is 11.3. The van der Waals surface area contributed by atoms with Crippen LogP contribution in [0.25, 0.3) is 0 Å². The van der Waals surface area contributed by atoms with Crippen molar-refractivity contribution >= 4 is 16.4 Å². The fourth-order valence-corrected chi connectivity index (χ4v) is 2.07. The Morgan fingerprint density at radius 2 is 1.79 bits per heavy atom. The third kappa shape index (κ3) is 3.82. The minimum Gasteiger partial charge on any atom is -0.467 e. The molecule has 0 amide bonds. The van der Waals surface area contributed by atoms with E-state index in [9.17, 15) is 23.4 Å². The lowest BCUT2D eigenvalue weighted by atomic mass is 9.99. The molecule has 0 saturated carbocycles. The maximum atomic E-state index is 11.3. The van der Waals surface area contributed by atoms with Gasteiger partial charge in [-0.2, -0.15) is 8.42 Å². The third-order valence-electron chi connectivity index (χ3n) is 2.44. The van der Waals surface area contributed by atoms with Gasteiger partial charge in [-0.3, -0.25) is 4.55 Å². The van der Waals surface area contributed by atoms with Gasteiger partial charge < -0.3 is 24.4 Å². The fourth-order valence-electron chi connectivity index (χ4n) is 1.58. The lowest BCUT2D eigenvalue weighted by Crippen LogP contribution is -2.61. The zero-order valence-electron chi connectivity index (χ0n) is 9.99. The molecule has 1 heterocycles. The van der Waals surface area contributed by atoms with E-state index >= 15 is 0 Å². The summed E-state index contributed by atoms with van der Waals surface area (Å²) < 4.78 is 47.9. The molecule has 1 rings (SSSR count). The summed E-state index contributed by atoms with van der Waals surface area (Å²) in [5.41, 5.74) is 0. The van der Waals surface area contributed by atoms with Crippen LogP contribution in [0.4, 0.5) is 0 Å². The smallest absolute Gasteiger partial charge is 0.397 e. The molecule has 1 fully saturated rings. The zero-order valence-corrected chi connectivity index (χ0v) is 10.8. The van der Waals surface area contributed by atoms with Crippen molar-refractivity contribution in [2.24, 2.45) is 0 Å². The highest BCUT2D eigenvalue weighted by atomic mass is 32.3. The lowest BCUT2D eigenvalue weighted by Gasteiger charge is -2.39. The first-order valence-electron chi connectivity index (χ1n) is 4.99. The van der Waals surface area contributed by atoms with Gasteiger partial charge in [0.1, 0.15) is 12.2 Å². The predicted molar refractivity (Wildman–Crippen MR) is 56.1 cm³/mol. The van der Waals surface area contributed by atoms with Gasteiger partial charge in [-0.15, -0.1) is 0 Å². The molecule has 0 radical (unpaired) electrons. The first kappa shape index (κ1) is 16.2. The number of methoxy groups -OCH3 is 2. The Balaban J connectivity index is 2.95. The van der Waals surface area contributed by atoms with Gasteiger partial charge in [-0.1, -0.05) is 0 Å². The topological polar surface area (TPSA) is 149 Å². The number of aliphatic hydroxyl groups excluding tert-OH is 2. The summed E-state index contributed by atoms with van der Waals surface area (Å²) in [5.74, 6) is -0.987. The molecule has 5 unspecified atom stereocenters. The van der Waals surface area contributed by atoms with Gasteiger partial charge in [0.15, 0.2) is 18.5 Å². The van der Waals surface area contributed by atoms with Crippen LogP contribution in [0.5, 0.6) is 0 Å². The summed E-state index contributed by atoms with van der Waals surface area (Å²) in [7, 11) is -2.79. The molecule has 0 aromatic carbocycles. The SMILES string of the molecule is COC(=O)C1OC(OC)C(OS(=O)(=O)O)C(O)C1O. The molecule has 0 aliphatic carbocycles. The number of esters is 1. The normalized spacial score (nSPS) is 35.9. The number of hydrogen-bond acceptors (Lipinski definition) is 9. The highest BCUT2D eigenvalue weighted by Gasteiger charge is 2.50. The molecule has 0 aromatic heterocycles. The van der Waals surface area contributed by atoms with Gasteiger partial charge in [0, 0.05) is 7.11 Å². The van der Waals surface area contributed by atoms with Crippen LogP contribution >= 0.6 is 0 Å². The van der Waals surface area contributed by atoms with Gasteiger partial charge in [0.25, 0.3) is 0 Å². The predicted octanol–water partition coefficient (Wildman–Crippen LogP) is -2.56. The number of rotatable bonds is 4. The monoisotopic (exact) mass is 302 g/mol. The van der Waals surface area contributed by atoms with Gasteiger partial charge in [-0.25, -0.2) is 8.98 Å². The minimum absolute atomic E-state index is 0.987. The average molecular weight is 302 g/mol. The van der Waals surface area contributed by atoms with Crippen molar-refractivity contribution in [3.63, 3.8) is 0 Å². The number of ether oxygens (including phenoxy) is 3. The van der Waals surface area contributed by atoms with Crippen molar-refractivity contribution in [2.75, 3.05) is 14.2 Å². The van der Waals surface area contributed by atoms with Crippen LogP contribution in [-0.2, 0) is 33.6 Å². The van der Waals surface area contributed by atoms with E-state index in [0.29, 0.717) is 0 Å². The first-order chi connectivity index (χ1) is 8.71. The van der Waals surface area contributed by atoms with E-state index < -0.39 is 47.1 Å². The summed E-state index contributed by atoms with van der Waals surface area (Å²) in [6.07, 6.45) is -8.50. The molecule has 1 aliphatic heterocycles. The van der Waals surface area contributed by atoms with Gasteiger partial charge in [0.2, 0.25) is 0 Å². The summed E-state index contributed by atoms with van der Waals surface area (Å²) in [4.78, 5) is 11.3. The second-order valence-corrected chi connectivity index (χ2v) is 4.70. The van der Waals surface area contributed by atoms with Crippen LogP contribution in [0.3, 0.4) is 0 Å². The van der Waals surface area contributed by atoms with Crippen molar-refractivity contribution in [2.45, 2.75) is 30.7 Å². The molecular formula is C8H14O10S. The van der Waals surface area contributed by atoms with Crippen LogP contribution in [-0.4, -0.2) is 74.1 Å². The van der Waals surface area contributed by atoms with Crippen molar-refractivity contribution in [1.29, 1.82) is 0 Å². The third-order valence-corrected chi connectivity index (χ3v) is 2.91. The Hall–Kier alpha value is -0.820. The lowest BCUT2D eigenvalue weighted by molar-refractivity contribution is -0.282. The van der Waals surface area contributed by atoms with E-state index in [-0.39, 0.29) is 0 Å². The Labute approximate surface area is 108 Å². The maximum Gasteiger partial charge on any atom is 0.397 e. The van der Waals surface area contributed by atoms with E-state index in [0.717, 1.165) is 14.2 Å². The first-order valence-corrected chi connectivity index (χ1v) is 6.35. The van der Waals surface area contributed by atoms with E-state index in [1.807, 2.05) is 0 Å². The molecule has 3 N–H and O–H groups in total. The number of carbonyl (C=O) groups excluding carboxylic acids is 1. The van der Waals surface area contributed by atoms with Crippen molar-refractivity contribution in [3.05, 3.63) is 0 Å². The van der Waals surface area contributed by atoms with Crippen molar-refractivity contribution in [1.82, 2.24) is 0 Å². The molecule has 5 atom stereocenters. The van der Waals surface area contributed by atoms with E-state index in [4.69, 9.17) is 14.0 Å². The highest BCUT2D eigenvalue weighted by Crippen LogP contribution is 2.25. The molecule has 0 aromatic rings. The largest absolute Gasteiger partial charge is 0.467 e. The van der Waals surface area contributed by atoms with Gasteiger partial charge in [-0.05, 0) is 0 Å². The molecule has 112 valence electrons. The molecule has 19 heavy (non-hydrogen) atoms. The van der Waals surface area contributed by atoms with E-state index in [1.165, 1.54) is 0 Å². The van der Waals surface area contributed by atoms with Crippen molar-refractivity contribution in [3.8, 4) is 0 Å². The number of hydrogen-bond donors (Lipinski definition) is 3. The van der Waals surface area contributed by atoms with Crippen LogP contribution < -0.4 is 0 Å². The number of carbonyl (C=O) groups is 1. The average Bonchev–Trinajstić information content (AvgIpc) is 2.33. The quantitative estimate of drug-likeness (QED) is 0.374. The van der Waals surface area contributed by atoms with Crippen LogP contribution in [0.1, 0.15) is 0 Å². The molecule has 0 spiro atoms. The second-order valence-electron chi connectivity index (χ2n) is 3.65. The summed E-state index contributed by atoms with van der Waals surface area (Å²) in [6.45, 7) is 0. The molecule has 1 aliphatic rings. The van der Waals surface area contributed by atoms with Crippen LogP contribution in [0, 0.1) is 0 Å². The highest BCUT2D eigenvalue weighted by molar-refractivity contribution is 7.80. The molecule has 11 heteroatoms. The van der Waals surface area contributed by atoms with E-state index in [2.05, 4.69) is 8.92 Å². The second kappa shape index (κ2) is 6.09.